The van der Waals surface area contributed by atoms with E-state index in [-0.39, 0.29) is 18.2 Å². The zero-order chi connectivity index (χ0) is 17.5. The maximum absolute atomic E-state index is 12.9. The molecule has 0 saturated heterocycles. The number of benzene rings is 1. The first-order chi connectivity index (χ1) is 11.5. The van der Waals surface area contributed by atoms with Gasteiger partial charge >= 0.3 is 12.0 Å². The van der Waals surface area contributed by atoms with Gasteiger partial charge in [-0.1, -0.05) is 17.3 Å². The number of aromatic nitrogens is 1. The van der Waals surface area contributed by atoms with Crippen molar-refractivity contribution in [2.75, 3.05) is 19.0 Å². The Balaban J connectivity index is 1.92. The van der Waals surface area contributed by atoms with Gasteiger partial charge in [0.05, 0.1) is 13.0 Å². The van der Waals surface area contributed by atoms with E-state index in [0.717, 1.165) is 5.56 Å². The summed E-state index contributed by atoms with van der Waals surface area (Å²) in [7, 11) is 1.28. The summed E-state index contributed by atoms with van der Waals surface area (Å²) >= 11 is 0. The number of hydrogen-bond donors (Lipinski definition) is 2. The Morgan fingerprint density at radius 2 is 2.04 bits per heavy atom. The highest BCUT2D eigenvalue weighted by Gasteiger charge is 2.21. The Morgan fingerprint density at radius 3 is 2.62 bits per heavy atom. The number of urea groups is 1. The van der Waals surface area contributed by atoms with Crippen LogP contribution in [0.2, 0.25) is 0 Å². The van der Waals surface area contributed by atoms with Crippen LogP contribution in [0.25, 0.3) is 0 Å². The molecule has 1 aromatic carbocycles. The summed E-state index contributed by atoms with van der Waals surface area (Å²) in [5.41, 5.74) is 0.765. The molecule has 2 amide bonds. The Labute approximate surface area is 138 Å². The number of amides is 2. The summed E-state index contributed by atoms with van der Waals surface area (Å²) in [4.78, 5) is 23.7. The molecule has 2 aromatic rings. The first kappa shape index (κ1) is 17.5. The molecule has 1 aromatic heterocycles. The molecular formula is C16H18FN3O4. The molecular weight excluding hydrogens is 317 g/mol. The number of aryl methyl sites for hydroxylation is 1. The van der Waals surface area contributed by atoms with Crippen molar-refractivity contribution in [1.82, 2.24) is 10.5 Å². The third-order valence-corrected chi connectivity index (χ3v) is 3.31. The lowest BCUT2D eigenvalue weighted by molar-refractivity contribution is -0.145. The van der Waals surface area contributed by atoms with Crippen LogP contribution < -0.4 is 10.6 Å². The van der Waals surface area contributed by atoms with Crippen LogP contribution in [-0.2, 0) is 16.0 Å². The number of nitrogens with zero attached hydrogens (tertiary/aromatic N) is 1. The van der Waals surface area contributed by atoms with Crippen LogP contribution in [0.3, 0.4) is 0 Å². The van der Waals surface area contributed by atoms with E-state index in [1.54, 1.807) is 25.1 Å². The Hall–Kier alpha value is -2.90. The average Bonchev–Trinajstić information content (AvgIpc) is 2.97. The van der Waals surface area contributed by atoms with Crippen LogP contribution in [0.15, 0.2) is 34.9 Å². The number of esters is 1. The fraction of sp³-hybridized carbons (Fsp3) is 0.312. The third kappa shape index (κ3) is 5.08. The van der Waals surface area contributed by atoms with Gasteiger partial charge in [0.2, 0.25) is 0 Å². The summed E-state index contributed by atoms with van der Waals surface area (Å²) < 4.78 is 22.5. The molecule has 128 valence electrons. The highest BCUT2D eigenvalue weighted by atomic mass is 19.1. The van der Waals surface area contributed by atoms with Gasteiger partial charge in [-0.25, -0.2) is 9.18 Å². The zero-order valence-corrected chi connectivity index (χ0v) is 13.3. The van der Waals surface area contributed by atoms with E-state index >= 15 is 0 Å². The molecule has 0 spiro atoms. The van der Waals surface area contributed by atoms with E-state index in [1.807, 2.05) is 0 Å². The number of carbonyl (C=O) groups excluding carboxylic acids is 2. The highest BCUT2D eigenvalue weighted by Crippen LogP contribution is 2.12. The van der Waals surface area contributed by atoms with Gasteiger partial charge in [-0.15, -0.1) is 0 Å². The number of rotatable bonds is 6. The van der Waals surface area contributed by atoms with Crippen LogP contribution in [0.1, 0.15) is 11.3 Å². The number of nitrogens with one attached hydrogen (secondary N) is 2. The molecule has 1 heterocycles. The molecule has 0 aliphatic rings. The second kappa shape index (κ2) is 8.09. The van der Waals surface area contributed by atoms with Crippen molar-refractivity contribution >= 4 is 17.8 Å². The molecule has 0 saturated carbocycles. The minimum absolute atomic E-state index is 0.0622. The van der Waals surface area contributed by atoms with E-state index in [0.29, 0.717) is 12.2 Å². The SMILES string of the molecule is COC(=O)[C@@H](CNC(=O)Nc1cc(C)on1)Cc1ccc(F)cc1. The van der Waals surface area contributed by atoms with Crippen LogP contribution in [-0.4, -0.2) is 30.8 Å². The summed E-state index contributed by atoms with van der Waals surface area (Å²) in [6, 6.07) is 6.85. The van der Waals surface area contributed by atoms with Crippen LogP contribution in [0.5, 0.6) is 0 Å². The fourth-order valence-electron chi connectivity index (χ4n) is 2.11. The summed E-state index contributed by atoms with van der Waals surface area (Å²) in [6.07, 6.45) is 0.316. The average molecular weight is 335 g/mol. The molecule has 0 aliphatic heterocycles. The monoisotopic (exact) mass is 335 g/mol. The Morgan fingerprint density at radius 1 is 1.33 bits per heavy atom. The number of carbonyl (C=O) groups is 2. The predicted molar refractivity (Wildman–Crippen MR) is 83.9 cm³/mol. The zero-order valence-electron chi connectivity index (χ0n) is 13.3. The van der Waals surface area contributed by atoms with Crippen molar-refractivity contribution in [2.45, 2.75) is 13.3 Å². The van der Waals surface area contributed by atoms with Crippen molar-refractivity contribution < 1.29 is 23.2 Å². The minimum Gasteiger partial charge on any atom is -0.469 e. The Bertz CT molecular complexity index is 700. The maximum atomic E-state index is 12.9. The van der Waals surface area contributed by atoms with Gasteiger partial charge in [0, 0.05) is 12.6 Å². The van der Waals surface area contributed by atoms with Gasteiger partial charge in [-0.05, 0) is 31.0 Å². The fourth-order valence-corrected chi connectivity index (χ4v) is 2.11. The molecule has 2 N–H and O–H groups in total. The van der Waals surface area contributed by atoms with Crippen molar-refractivity contribution in [3.05, 3.63) is 47.5 Å². The quantitative estimate of drug-likeness (QED) is 0.790. The lowest BCUT2D eigenvalue weighted by Crippen LogP contribution is -2.37. The van der Waals surface area contributed by atoms with E-state index < -0.39 is 17.9 Å². The maximum Gasteiger partial charge on any atom is 0.320 e. The predicted octanol–water partition coefficient (Wildman–Crippen LogP) is 2.28. The van der Waals surface area contributed by atoms with E-state index in [4.69, 9.17) is 9.26 Å². The number of halogens is 1. The second-order valence-corrected chi connectivity index (χ2v) is 5.21. The van der Waals surface area contributed by atoms with Crippen LogP contribution in [0, 0.1) is 18.7 Å². The molecule has 2 rings (SSSR count). The van der Waals surface area contributed by atoms with Gasteiger partial charge in [-0.3, -0.25) is 10.1 Å². The molecule has 24 heavy (non-hydrogen) atoms. The van der Waals surface area contributed by atoms with Gasteiger partial charge in [0.1, 0.15) is 11.6 Å². The topological polar surface area (TPSA) is 93.5 Å². The number of methoxy groups -OCH3 is 1. The van der Waals surface area contributed by atoms with Crippen molar-refractivity contribution in [3.8, 4) is 0 Å². The number of hydrogen-bond acceptors (Lipinski definition) is 5. The highest BCUT2D eigenvalue weighted by molar-refractivity contribution is 5.88. The smallest absolute Gasteiger partial charge is 0.320 e. The molecule has 0 bridgehead atoms. The molecule has 8 heteroatoms. The van der Waals surface area contributed by atoms with E-state index in [2.05, 4.69) is 15.8 Å². The third-order valence-electron chi connectivity index (χ3n) is 3.31. The summed E-state index contributed by atoms with van der Waals surface area (Å²) in [5, 5.41) is 8.71. The Kier molecular flexibility index (Phi) is 5.89. The molecule has 7 nitrogen and oxygen atoms in total. The van der Waals surface area contributed by atoms with Gasteiger partial charge in [-0.2, -0.15) is 0 Å². The largest absolute Gasteiger partial charge is 0.469 e. The van der Waals surface area contributed by atoms with Gasteiger partial charge < -0.3 is 14.6 Å². The molecule has 1 atom stereocenters. The molecule has 0 fully saturated rings. The van der Waals surface area contributed by atoms with Crippen molar-refractivity contribution in [2.24, 2.45) is 5.92 Å². The normalized spacial score (nSPS) is 11.6. The minimum atomic E-state index is -0.592. The van der Waals surface area contributed by atoms with Gasteiger partial charge in [0.25, 0.3) is 0 Å². The standard InChI is InChI=1S/C16H18FN3O4/c1-10-7-14(20-24-10)19-16(22)18-9-12(15(21)23-2)8-11-3-5-13(17)6-4-11/h3-7,12H,8-9H2,1-2H3,(H2,18,19,20,22)/t12-/m1/s1. The first-order valence-corrected chi connectivity index (χ1v) is 7.28. The van der Waals surface area contributed by atoms with Crippen LogP contribution >= 0.6 is 0 Å². The molecule has 0 unspecified atom stereocenters. The summed E-state index contributed by atoms with van der Waals surface area (Å²) in [5.74, 6) is -0.567. The van der Waals surface area contributed by atoms with E-state index in [9.17, 15) is 14.0 Å². The van der Waals surface area contributed by atoms with Crippen molar-refractivity contribution in [1.29, 1.82) is 0 Å². The second-order valence-electron chi connectivity index (χ2n) is 5.21. The van der Waals surface area contributed by atoms with Gasteiger partial charge in [0.15, 0.2) is 5.82 Å². The lowest BCUT2D eigenvalue weighted by atomic mass is 9.99. The van der Waals surface area contributed by atoms with Crippen LogP contribution in [0.4, 0.5) is 15.0 Å². The number of ether oxygens (including phenoxy) is 1. The summed E-state index contributed by atoms with van der Waals surface area (Å²) in [6.45, 7) is 1.76. The van der Waals surface area contributed by atoms with E-state index in [1.165, 1.54) is 19.2 Å². The number of anilines is 1. The van der Waals surface area contributed by atoms with Crippen molar-refractivity contribution in [3.63, 3.8) is 0 Å². The molecule has 0 radical (unpaired) electrons. The first-order valence-electron chi connectivity index (χ1n) is 7.28. The lowest BCUT2D eigenvalue weighted by Gasteiger charge is -2.15. The molecule has 0 aliphatic carbocycles.